The number of anilines is 1. The maximum atomic E-state index is 12.1. The molecule has 1 aromatic rings. The Bertz CT molecular complexity index is 615. The second kappa shape index (κ2) is 5.68. The van der Waals surface area contributed by atoms with Crippen molar-refractivity contribution in [1.82, 2.24) is 10.0 Å². The Morgan fingerprint density at radius 1 is 1.50 bits per heavy atom. The molecular weight excluding hydrogens is 282 g/mol. The van der Waals surface area contributed by atoms with E-state index in [1.807, 2.05) is 0 Å². The molecule has 1 amide bonds. The van der Waals surface area contributed by atoms with Crippen molar-refractivity contribution in [3.05, 3.63) is 18.2 Å². The summed E-state index contributed by atoms with van der Waals surface area (Å²) in [7, 11) is -2.19. The predicted molar refractivity (Wildman–Crippen MR) is 73.8 cm³/mol. The summed E-state index contributed by atoms with van der Waals surface area (Å²) >= 11 is 0. The van der Waals surface area contributed by atoms with E-state index in [4.69, 9.17) is 10.5 Å². The number of hydrogen-bond acceptors (Lipinski definition) is 5. The molecule has 1 heterocycles. The summed E-state index contributed by atoms with van der Waals surface area (Å²) in [5.74, 6) is 0.370. The minimum atomic E-state index is -3.65. The summed E-state index contributed by atoms with van der Waals surface area (Å²) in [5.41, 5.74) is 5.95. The van der Waals surface area contributed by atoms with Gasteiger partial charge in [-0.1, -0.05) is 0 Å². The van der Waals surface area contributed by atoms with Gasteiger partial charge >= 0.3 is 0 Å². The normalized spacial score (nSPS) is 18.9. The molecule has 110 valence electrons. The minimum absolute atomic E-state index is 0.0529. The van der Waals surface area contributed by atoms with Crippen molar-refractivity contribution in [2.45, 2.75) is 23.8 Å². The first-order chi connectivity index (χ1) is 9.42. The second-order valence-corrected chi connectivity index (χ2v) is 6.33. The number of benzene rings is 1. The third-order valence-corrected chi connectivity index (χ3v) is 4.54. The monoisotopic (exact) mass is 299 g/mol. The summed E-state index contributed by atoms with van der Waals surface area (Å²) < 4.78 is 31.6. The van der Waals surface area contributed by atoms with Gasteiger partial charge < -0.3 is 15.8 Å². The molecule has 0 aromatic heterocycles. The Hall–Kier alpha value is -1.80. The van der Waals surface area contributed by atoms with Gasteiger partial charge in [0.1, 0.15) is 5.75 Å². The summed E-state index contributed by atoms with van der Waals surface area (Å²) in [6.45, 7) is 0.167. The van der Waals surface area contributed by atoms with E-state index in [9.17, 15) is 13.2 Å². The molecule has 1 saturated heterocycles. The second-order valence-electron chi connectivity index (χ2n) is 4.56. The van der Waals surface area contributed by atoms with Crippen LogP contribution in [-0.2, 0) is 14.8 Å². The largest absolute Gasteiger partial charge is 0.495 e. The maximum absolute atomic E-state index is 12.1. The lowest BCUT2D eigenvalue weighted by atomic mass is 10.2. The van der Waals surface area contributed by atoms with Crippen LogP contribution in [0.2, 0.25) is 0 Å². The maximum Gasteiger partial charge on any atom is 0.240 e. The molecule has 1 atom stereocenters. The zero-order chi connectivity index (χ0) is 14.8. The van der Waals surface area contributed by atoms with Crippen molar-refractivity contribution in [2.75, 3.05) is 19.4 Å². The SMILES string of the molecule is COc1ccc(S(=O)(=O)NCC2CCC(=O)N2)cc1N. The van der Waals surface area contributed by atoms with Gasteiger partial charge in [-0.05, 0) is 24.6 Å². The van der Waals surface area contributed by atoms with E-state index in [1.165, 1.54) is 25.3 Å². The van der Waals surface area contributed by atoms with Crippen LogP contribution in [0, 0.1) is 0 Å². The smallest absolute Gasteiger partial charge is 0.240 e. The highest BCUT2D eigenvalue weighted by molar-refractivity contribution is 7.89. The fraction of sp³-hybridized carbons (Fsp3) is 0.417. The van der Waals surface area contributed by atoms with Gasteiger partial charge in [-0.2, -0.15) is 0 Å². The van der Waals surface area contributed by atoms with Crippen molar-refractivity contribution < 1.29 is 17.9 Å². The first kappa shape index (κ1) is 14.6. The summed E-state index contributed by atoms with van der Waals surface area (Å²) in [6, 6.07) is 4.10. The number of rotatable bonds is 5. The molecule has 1 aromatic carbocycles. The van der Waals surface area contributed by atoms with E-state index in [0.29, 0.717) is 18.6 Å². The van der Waals surface area contributed by atoms with Crippen LogP contribution in [-0.4, -0.2) is 34.0 Å². The number of nitrogens with two attached hydrogens (primary N) is 1. The van der Waals surface area contributed by atoms with Crippen LogP contribution in [0.3, 0.4) is 0 Å². The highest BCUT2D eigenvalue weighted by Crippen LogP contribution is 2.24. The lowest BCUT2D eigenvalue weighted by Crippen LogP contribution is -2.38. The van der Waals surface area contributed by atoms with E-state index in [1.54, 1.807) is 0 Å². The minimum Gasteiger partial charge on any atom is -0.495 e. The molecule has 1 aliphatic heterocycles. The number of sulfonamides is 1. The average Bonchev–Trinajstić information content (AvgIpc) is 2.82. The molecule has 0 saturated carbocycles. The number of carbonyl (C=O) groups excluding carboxylic acids is 1. The third kappa shape index (κ3) is 3.20. The van der Waals surface area contributed by atoms with Gasteiger partial charge in [0.25, 0.3) is 0 Å². The van der Waals surface area contributed by atoms with Gasteiger partial charge in [0.05, 0.1) is 17.7 Å². The van der Waals surface area contributed by atoms with Crippen molar-refractivity contribution in [3.63, 3.8) is 0 Å². The molecular formula is C12H17N3O4S. The van der Waals surface area contributed by atoms with Crippen molar-refractivity contribution >= 4 is 21.6 Å². The van der Waals surface area contributed by atoms with Gasteiger partial charge in [-0.3, -0.25) is 4.79 Å². The zero-order valence-corrected chi connectivity index (χ0v) is 11.9. The number of nitrogens with one attached hydrogen (secondary N) is 2. The number of amides is 1. The number of carbonyl (C=O) groups is 1. The van der Waals surface area contributed by atoms with Gasteiger partial charge in [0.15, 0.2) is 0 Å². The van der Waals surface area contributed by atoms with Crippen molar-refractivity contribution in [1.29, 1.82) is 0 Å². The van der Waals surface area contributed by atoms with Crippen molar-refractivity contribution in [2.24, 2.45) is 0 Å². The van der Waals surface area contributed by atoms with E-state index in [2.05, 4.69) is 10.0 Å². The van der Waals surface area contributed by atoms with Crippen LogP contribution in [0.15, 0.2) is 23.1 Å². The number of methoxy groups -OCH3 is 1. The molecule has 0 aliphatic carbocycles. The number of ether oxygens (including phenoxy) is 1. The van der Waals surface area contributed by atoms with E-state index < -0.39 is 10.0 Å². The molecule has 20 heavy (non-hydrogen) atoms. The summed E-state index contributed by atoms with van der Waals surface area (Å²) in [5, 5.41) is 2.70. The molecule has 8 heteroatoms. The Morgan fingerprint density at radius 2 is 2.25 bits per heavy atom. The lowest BCUT2D eigenvalue weighted by molar-refractivity contribution is -0.119. The van der Waals surface area contributed by atoms with Gasteiger partial charge in [-0.25, -0.2) is 13.1 Å². The Morgan fingerprint density at radius 3 is 2.80 bits per heavy atom. The first-order valence-electron chi connectivity index (χ1n) is 6.15. The molecule has 2 rings (SSSR count). The van der Waals surface area contributed by atoms with Crippen LogP contribution in [0.4, 0.5) is 5.69 Å². The third-order valence-electron chi connectivity index (χ3n) is 3.12. The Kier molecular flexibility index (Phi) is 4.15. The van der Waals surface area contributed by atoms with Gasteiger partial charge in [0.2, 0.25) is 15.9 Å². The van der Waals surface area contributed by atoms with Crippen molar-refractivity contribution in [3.8, 4) is 5.75 Å². The fourth-order valence-electron chi connectivity index (χ4n) is 2.00. The highest BCUT2D eigenvalue weighted by atomic mass is 32.2. The Labute approximate surface area is 117 Å². The van der Waals surface area contributed by atoms with Crippen LogP contribution < -0.4 is 20.5 Å². The van der Waals surface area contributed by atoms with Crippen LogP contribution in [0.5, 0.6) is 5.75 Å². The molecule has 0 bridgehead atoms. The molecule has 0 spiro atoms. The average molecular weight is 299 g/mol. The van der Waals surface area contributed by atoms with E-state index in [0.717, 1.165) is 0 Å². The topological polar surface area (TPSA) is 111 Å². The number of nitrogen functional groups attached to an aromatic ring is 1. The standard InChI is InChI=1S/C12H17N3O4S/c1-19-11-4-3-9(6-10(11)13)20(17,18)14-7-8-2-5-12(16)15-8/h3-4,6,8,14H,2,5,7,13H2,1H3,(H,15,16). The molecule has 1 aliphatic rings. The van der Waals surface area contributed by atoms with Crippen LogP contribution in [0.25, 0.3) is 0 Å². The summed E-state index contributed by atoms with van der Waals surface area (Å²) in [4.78, 5) is 11.1. The highest BCUT2D eigenvalue weighted by Gasteiger charge is 2.23. The van der Waals surface area contributed by atoms with Crippen LogP contribution in [0.1, 0.15) is 12.8 Å². The van der Waals surface area contributed by atoms with Gasteiger partial charge in [0, 0.05) is 19.0 Å². The fourth-order valence-corrected chi connectivity index (χ4v) is 3.12. The summed E-state index contributed by atoms with van der Waals surface area (Å²) in [6.07, 6.45) is 1.06. The zero-order valence-electron chi connectivity index (χ0n) is 11.0. The van der Waals surface area contributed by atoms with E-state index in [-0.39, 0.29) is 29.1 Å². The quantitative estimate of drug-likeness (QED) is 0.654. The molecule has 0 radical (unpaired) electrons. The molecule has 1 fully saturated rings. The Balaban J connectivity index is 2.06. The van der Waals surface area contributed by atoms with E-state index >= 15 is 0 Å². The first-order valence-corrected chi connectivity index (χ1v) is 7.63. The van der Waals surface area contributed by atoms with Crippen LogP contribution >= 0.6 is 0 Å². The molecule has 4 N–H and O–H groups in total. The number of hydrogen-bond donors (Lipinski definition) is 3. The lowest BCUT2D eigenvalue weighted by Gasteiger charge is -2.13. The predicted octanol–water partition coefficient (Wildman–Crippen LogP) is -0.166. The molecule has 1 unspecified atom stereocenters. The molecule has 7 nitrogen and oxygen atoms in total. The van der Waals surface area contributed by atoms with Gasteiger partial charge in [-0.15, -0.1) is 0 Å².